The first-order valence-corrected chi connectivity index (χ1v) is 18.8. The molecule has 2 fully saturated rings. The summed E-state index contributed by atoms with van der Waals surface area (Å²) in [6.45, 7) is 4.07. The molecule has 1 aliphatic carbocycles. The molecule has 15 heteroatoms. The molecule has 1 saturated carbocycles. The number of likely N-dealkylation sites (tertiary alicyclic amines) is 1. The zero-order valence-electron chi connectivity index (χ0n) is 32.6. The van der Waals surface area contributed by atoms with Gasteiger partial charge >= 0.3 is 12.2 Å². The maximum atomic E-state index is 13.5. The molecule has 298 valence electrons. The molecule has 0 bridgehead atoms. The smallest absolute Gasteiger partial charge is 0.407 e. The number of benzene rings is 2. The number of carbonyl (C=O) groups is 4. The topological polar surface area (TPSA) is 189 Å². The minimum absolute atomic E-state index is 0.00555. The van der Waals surface area contributed by atoms with Gasteiger partial charge in [0.05, 0.1) is 43.9 Å². The van der Waals surface area contributed by atoms with Gasteiger partial charge in [0.15, 0.2) is 0 Å². The van der Waals surface area contributed by atoms with Crippen LogP contribution in [-0.4, -0.2) is 109 Å². The molecule has 0 unspecified atom stereocenters. The number of hydrogen-bond acceptors (Lipinski definition) is 9. The molecule has 1 saturated heterocycles. The van der Waals surface area contributed by atoms with E-state index in [1.807, 2.05) is 17.0 Å². The Morgan fingerprint density at radius 2 is 1.32 bits per heavy atom. The molecule has 56 heavy (non-hydrogen) atoms. The van der Waals surface area contributed by atoms with Crippen molar-refractivity contribution in [1.29, 1.82) is 0 Å². The highest BCUT2D eigenvalue weighted by molar-refractivity contribution is 5.88. The molecule has 3 heterocycles. The predicted octanol–water partition coefficient (Wildman–Crippen LogP) is 4.90. The zero-order chi connectivity index (χ0) is 40.0. The number of aromatic amines is 2. The summed E-state index contributed by atoms with van der Waals surface area (Å²) in [5, 5.41) is 8.25. The third kappa shape index (κ3) is 8.89. The van der Waals surface area contributed by atoms with Crippen LogP contribution in [0, 0.1) is 0 Å². The van der Waals surface area contributed by atoms with E-state index in [1.165, 1.54) is 28.4 Å². The summed E-state index contributed by atoms with van der Waals surface area (Å²) in [6.07, 6.45) is 3.13. The van der Waals surface area contributed by atoms with E-state index < -0.39 is 42.0 Å². The van der Waals surface area contributed by atoms with Gasteiger partial charge in [-0.15, -0.1) is 0 Å². The minimum Gasteiger partial charge on any atom is -0.453 e. The molecule has 4 aromatic rings. The van der Waals surface area contributed by atoms with Crippen LogP contribution in [0.5, 0.6) is 0 Å². The number of aromatic nitrogens is 3. The van der Waals surface area contributed by atoms with Crippen LogP contribution in [0.15, 0.2) is 66.9 Å². The highest BCUT2D eigenvalue weighted by atomic mass is 16.5. The number of nitrogens with zero attached hydrogens (tertiary/aromatic N) is 2. The van der Waals surface area contributed by atoms with Gasteiger partial charge in [-0.25, -0.2) is 14.6 Å². The maximum absolute atomic E-state index is 13.5. The molecule has 2 aliphatic rings. The zero-order valence-corrected chi connectivity index (χ0v) is 32.6. The van der Waals surface area contributed by atoms with Gasteiger partial charge in [-0.2, -0.15) is 0 Å². The van der Waals surface area contributed by atoms with Crippen LogP contribution in [0.1, 0.15) is 51.0 Å². The Bertz CT molecular complexity index is 1990. The number of methoxy groups -OCH3 is 4. The number of hydrogen-bond donors (Lipinski definition) is 5. The molecular weight excluding hydrogens is 718 g/mol. The first kappa shape index (κ1) is 40.0. The van der Waals surface area contributed by atoms with Crippen molar-refractivity contribution in [3.63, 3.8) is 0 Å². The van der Waals surface area contributed by atoms with Crippen LogP contribution in [-0.2, 0) is 40.5 Å². The highest BCUT2D eigenvalue weighted by Gasteiger charge is 2.50. The number of alkyl carbamates (subject to hydrolysis) is 2. The molecule has 0 radical (unpaired) electrons. The molecule has 5 N–H and O–H groups in total. The number of rotatable bonds is 15. The third-order valence-electron chi connectivity index (χ3n) is 10.9. The van der Waals surface area contributed by atoms with Crippen LogP contribution in [0.2, 0.25) is 0 Å². The molecular formula is C41H51N7O8. The molecule has 4 amide bonds. The van der Waals surface area contributed by atoms with Crippen molar-refractivity contribution in [2.75, 3.05) is 35.0 Å². The summed E-state index contributed by atoms with van der Waals surface area (Å²) in [7, 11) is 5.50. The van der Waals surface area contributed by atoms with Gasteiger partial charge < -0.3 is 49.8 Å². The van der Waals surface area contributed by atoms with Crippen LogP contribution in [0.25, 0.3) is 33.6 Å². The molecule has 2 aromatic heterocycles. The molecule has 0 spiro atoms. The van der Waals surface area contributed by atoms with E-state index in [2.05, 4.69) is 79.4 Å². The SMILES string of the molecule is COC(=O)N[C@H](C(=O)NC1(c2ncc(-c3ccc(-c4ccc(-c5ccc(C[C@@H]6CCCN6C(=O)[C@@H](NC(=O)OC)[C@@H](C)OC)[nH]5)cc4)cc3)[nH]2)CC1)[C@@H](C)OC. The lowest BCUT2D eigenvalue weighted by molar-refractivity contribution is -0.137. The Balaban J connectivity index is 1.07. The average molecular weight is 770 g/mol. The number of amides is 4. The lowest BCUT2D eigenvalue weighted by Crippen LogP contribution is -2.55. The summed E-state index contributed by atoms with van der Waals surface area (Å²) in [4.78, 5) is 64.0. The quantitative estimate of drug-likeness (QED) is 0.112. The Labute approximate surface area is 326 Å². The Morgan fingerprint density at radius 3 is 1.89 bits per heavy atom. The second-order valence-electron chi connectivity index (χ2n) is 14.4. The van der Waals surface area contributed by atoms with Crippen LogP contribution < -0.4 is 16.0 Å². The van der Waals surface area contributed by atoms with Gasteiger partial charge in [0, 0.05) is 44.6 Å². The fraction of sp³-hybridized carbons (Fsp3) is 0.439. The number of carbonyl (C=O) groups excluding carboxylic acids is 4. The van der Waals surface area contributed by atoms with Crippen LogP contribution in [0.3, 0.4) is 0 Å². The number of H-pyrrole nitrogens is 2. The van der Waals surface area contributed by atoms with E-state index in [0.29, 0.717) is 31.6 Å². The summed E-state index contributed by atoms with van der Waals surface area (Å²) in [5.74, 6) is 0.0981. The van der Waals surface area contributed by atoms with Crippen molar-refractivity contribution < 1.29 is 38.1 Å². The molecule has 2 aromatic carbocycles. The fourth-order valence-corrected chi connectivity index (χ4v) is 7.17. The van der Waals surface area contributed by atoms with Gasteiger partial charge in [-0.05, 0) is 73.9 Å². The molecule has 1 aliphatic heterocycles. The lowest BCUT2D eigenvalue weighted by atomic mass is 10.0. The van der Waals surface area contributed by atoms with Crippen molar-refractivity contribution >= 4 is 24.0 Å². The maximum Gasteiger partial charge on any atom is 0.407 e. The Morgan fingerprint density at radius 1 is 0.768 bits per heavy atom. The highest BCUT2D eigenvalue weighted by Crippen LogP contribution is 2.44. The van der Waals surface area contributed by atoms with Crippen molar-refractivity contribution in [2.45, 2.75) is 81.8 Å². The van der Waals surface area contributed by atoms with E-state index in [-0.39, 0.29) is 17.9 Å². The van der Waals surface area contributed by atoms with Gasteiger partial charge in [-0.1, -0.05) is 48.5 Å². The average Bonchev–Trinajstić information content (AvgIpc) is 3.59. The Hall–Kier alpha value is -5.67. The third-order valence-corrected chi connectivity index (χ3v) is 10.9. The summed E-state index contributed by atoms with van der Waals surface area (Å²) >= 11 is 0. The van der Waals surface area contributed by atoms with E-state index in [1.54, 1.807) is 20.0 Å². The lowest BCUT2D eigenvalue weighted by Gasteiger charge is -2.31. The first-order valence-electron chi connectivity index (χ1n) is 18.8. The Kier molecular flexibility index (Phi) is 12.4. The standard InChI is InChI=1S/C41H51N7O8/c1-24(53-3)34(45-39(51)55-5)36(49)47-41(19-20-41)38-42-23-33(44-38)29-15-11-27(12-16-29)26-9-13-28(14-10-26)32-18-17-30(43-32)22-31-8-7-21-48(31)37(50)35(25(2)54-4)46-40(52)56-6/h9-18,23-25,31,34-35,43H,7-8,19-22H2,1-6H3,(H,42,44)(H,45,51)(H,46,52)(H,47,49)/t24-,25-,31+,34+,35+/m1/s1. The van der Waals surface area contributed by atoms with Crippen molar-refractivity contribution in [3.05, 3.63) is 78.4 Å². The van der Waals surface area contributed by atoms with Gasteiger partial charge in [-0.3, -0.25) is 9.59 Å². The first-order chi connectivity index (χ1) is 27.0. The second-order valence-corrected chi connectivity index (χ2v) is 14.4. The van der Waals surface area contributed by atoms with Crippen molar-refractivity contribution in [2.24, 2.45) is 0 Å². The van der Waals surface area contributed by atoms with Gasteiger partial charge in [0.2, 0.25) is 11.8 Å². The van der Waals surface area contributed by atoms with Gasteiger partial charge in [0.25, 0.3) is 0 Å². The molecule has 5 atom stereocenters. The molecule has 6 rings (SSSR count). The summed E-state index contributed by atoms with van der Waals surface area (Å²) < 4.78 is 20.2. The summed E-state index contributed by atoms with van der Waals surface area (Å²) in [5.41, 5.74) is 6.32. The van der Waals surface area contributed by atoms with E-state index in [4.69, 9.17) is 18.9 Å². The number of ether oxygens (including phenoxy) is 4. The molecule has 15 nitrogen and oxygen atoms in total. The predicted molar refractivity (Wildman–Crippen MR) is 208 cm³/mol. The normalized spacial score (nSPS) is 18.0. The number of imidazole rings is 1. The van der Waals surface area contributed by atoms with Crippen LogP contribution >= 0.6 is 0 Å². The van der Waals surface area contributed by atoms with E-state index >= 15 is 0 Å². The largest absolute Gasteiger partial charge is 0.453 e. The fourth-order valence-electron chi connectivity index (χ4n) is 7.17. The van der Waals surface area contributed by atoms with Crippen molar-refractivity contribution in [1.82, 2.24) is 35.8 Å². The monoisotopic (exact) mass is 769 g/mol. The van der Waals surface area contributed by atoms with E-state index in [9.17, 15) is 19.2 Å². The summed E-state index contributed by atoms with van der Waals surface area (Å²) in [6, 6.07) is 18.9. The van der Waals surface area contributed by atoms with Crippen molar-refractivity contribution in [3.8, 4) is 33.6 Å². The second kappa shape index (κ2) is 17.4. The number of nitrogens with one attached hydrogen (secondary N) is 5. The van der Waals surface area contributed by atoms with Gasteiger partial charge in [0.1, 0.15) is 17.9 Å². The minimum atomic E-state index is -0.933. The van der Waals surface area contributed by atoms with Crippen LogP contribution in [0.4, 0.5) is 9.59 Å². The van der Waals surface area contributed by atoms with E-state index in [0.717, 1.165) is 52.2 Å².